The first-order valence-corrected chi connectivity index (χ1v) is 8.73. The summed E-state index contributed by atoms with van der Waals surface area (Å²) in [5.74, 6) is 1.18. The van der Waals surface area contributed by atoms with E-state index in [2.05, 4.69) is 20.3 Å². The second-order valence-corrected chi connectivity index (χ2v) is 6.46. The Morgan fingerprint density at radius 3 is 2.88 bits per heavy atom. The fourth-order valence-electron chi connectivity index (χ4n) is 3.35. The minimum absolute atomic E-state index is 0.167. The first-order chi connectivity index (χ1) is 12.6. The molecular weight excluding hydrogens is 328 g/mol. The van der Waals surface area contributed by atoms with E-state index in [0.29, 0.717) is 24.5 Å². The third-order valence-corrected chi connectivity index (χ3v) is 4.70. The summed E-state index contributed by atoms with van der Waals surface area (Å²) >= 11 is 0. The normalized spacial score (nSPS) is 18.5. The number of nitrogens with zero attached hydrogens (tertiary/aromatic N) is 2. The molecule has 0 unspecified atom stereocenters. The molecule has 1 aliphatic carbocycles. The van der Waals surface area contributed by atoms with Crippen LogP contribution in [0.3, 0.4) is 0 Å². The molecule has 3 N–H and O–H groups in total. The zero-order chi connectivity index (χ0) is 18.1. The standard InChI is InChI=1S/C20H20N4O2/c1-2-14-10-18(26)24-20(22-14)13-7-8-17(21-11-13)23-19-15-6-4-3-5-12(15)9-16(19)25/h3-8,10-11,16,19,25H,2,9H2,1H3,(H,21,23)(H,22,24,26)/t16-,19+/m1/s1. The van der Waals surface area contributed by atoms with Crippen molar-refractivity contribution in [2.45, 2.75) is 31.9 Å². The van der Waals surface area contributed by atoms with Gasteiger partial charge in [0.25, 0.3) is 5.56 Å². The number of pyridine rings is 1. The third-order valence-electron chi connectivity index (χ3n) is 4.70. The fourth-order valence-corrected chi connectivity index (χ4v) is 3.35. The van der Waals surface area contributed by atoms with Gasteiger partial charge in [0.1, 0.15) is 11.6 Å². The van der Waals surface area contributed by atoms with Crippen LogP contribution in [0.5, 0.6) is 0 Å². The lowest BCUT2D eigenvalue weighted by Crippen LogP contribution is -2.21. The molecule has 0 bridgehead atoms. The van der Waals surface area contributed by atoms with E-state index in [-0.39, 0.29) is 11.6 Å². The van der Waals surface area contributed by atoms with Gasteiger partial charge in [-0.1, -0.05) is 31.2 Å². The molecule has 0 saturated heterocycles. The van der Waals surface area contributed by atoms with Crippen molar-refractivity contribution in [1.29, 1.82) is 0 Å². The van der Waals surface area contributed by atoms with Gasteiger partial charge in [-0.25, -0.2) is 9.97 Å². The predicted octanol–water partition coefficient (Wildman–Crippen LogP) is 2.46. The van der Waals surface area contributed by atoms with Crippen LogP contribution in [0.4, 0.5) is 5.82 Å². The van der Waals surface area contributed by atoms with Crippen molar-refractivity contribution in [3.63, 3.8) is 0 Å². The highest BCUT2D eigenvalue weighted by atomic mass is 16.3. The van der Waals surface area contributed by atoms with Crippen LogP contribution in [0.25, 0.3) is 11.4 Å². The van der Waals surface area contributed by atoms with Gasteiger partial charge in [0.2, 0.25) is 0 Å². The van der Waals surface area contributed by atoms with E-state index in [9.17, 15) is 9.90 Å². The maximum Gasteiger partial charge on any atom is 0.251 e. The number of benzene rings is 1. The molecular formula is C20H20N4O2. The van der Waals surface area contributed by atoms with Crippen molar-refractivity contribution >= 4 is 5.82 Å². The third kappa shape index (κ3) is 3.11. The first-order valence-electron chi connectivity index (χ1n) is 8.73. The number of nitrogens with one attached hydrogen (secondary N) is 2. The molecule has 0 amide bonds. The topological polar surface area (TPSA) is 90.9 Å². The van der Waals surface area contributed by atoms with Crippen molar-refractivity contribution < 1.29 is 5.11 Å². The van der Waals surface area contributed by atoms with Gasteiger partial charge in [0.15, 0.2) is 0 Å². The van der Waals surface area contributed by atoms with Crippen molar-refractivity contribution in [3.8, 4) is 11.4 Å². The number of H-pyrrole nitrogens is 1. The van der Waals surface area contributed by atoms with Gasteiger partial charge in [-0.3, -0.25) is 4.79 Å². The van der Waals surface area contributed by atoms with Crippen LogP contribution in [0.2, 0.25) is 0 Å². The highest BCUT2D eigenvalue weighted by Crippen LogP contribution is 2.33. The fraction of sp³-hybridized carbons (Fsp3) is 0.250. The van der Waals surface area contributed by atoms with Gasteiger partial charge >= 0.3 is 0 Å². The second kappa shape index (κ2) is 6.72. The van der Waals surface area contributed by atoms with E-state index in [1.54, 1.807) is 6.20 Å². The molecule has 2 heterocycles. The summed E-state index contributed by atoms with van der Waals surface area (Å²) in [7, 11) is 0. The molecule has 2 aromatic heterocycles. The van der Waals surface area contributed by atoms with Crippen LogP contribution in [0, 0.1) is 0 Å². The zero-order valence-electron chi connectivity index (χ0n) is 14.4. The highest BCUT2D eigenvalue weighted by Gasteiger charge is 2.30. The average Bonchev–Trinajstić information content (AvgIpc) is 2.97. The molecule has 1 aliphatic rings. The average molecular weight is 348 g/mol. The monoisotopic (exact) mass is 348 g/mol. The summed E-state index contributed by atoms with van der Waals surface area (Å²) in [6.45, 7) is 1.96. The second-order valence-electron chi connectivity index (χ2n) is 6.46. The van der Waals surface area contributed by atoms with E-state index in [1.165, 1.54) is 6.07 Å². The molecule has 0 spiro atoms. The Morgan fingerprint density at radius 1 is 1.27 bits per heavy atom. The molecule has 6 nitrogen and oxygen atoms in total. The Bertz CT molecular complexity index is 982. The Hall–Kier alpha value is -2.99. The number of aliphatic hydroxyl groups excluding tert-OH is 1. The van der Waals surface area contributed by atoms with E-state index >= 15 is 0 Å². The van der Waals surface area contributed by atoms with Gasteiger partial charge in [0, 0.05) is 29.9 Å². The van der Waals surface area contributed by atoms with Crippen molar-refractivity contribution in [2.24, 2.45) is 0 Å². The SMILES string of the molecule is CCc1cc(=O)[nH]c(-c2ccc(N[C@H]3c4ccccc4C[C@H]3O)nc2)n1. The lowest BCUT2D eigenvalue weighted by atomic mass is 10.1. The zero-order valence-corrected chi connectivity index (χ0v) is 14.4. The van der Waals surface area contributed by atoms with Gasteiger partial charge in [-0.15, -0.1) is 0 Å². The number of hydrogen-bond acceptors (Lipinski definition) is 5. The molecule has 1 aromatic carbocycles. The Balaban J connectivity index is 1.57. The van der Waals surface area contributed by atoms with E-state index in [4.69, 9.17) is 0 Å². The number of fused-ring (bicyclic) bond motifs is 1. The van der Waals surface area contributed by atoms with Crippen molar-refractivity contribution in [2.75, 3.05) is 5.32 Å². The van der Waals surface area contributed by atoms with Gasteiger partial charge < -0.3 is 15.4 Å². The van der Waals surface area contributed by atoms with Crippen molar-refractivity contribution in [1.82, 2.24) is 15.0 Å². The number of aromatic nitrogens is 3. The summed E-state index contributed by atoms with van der Waals surface area (Å²) in [4.78, 5) is 23.3. The molecule has 0 fully saturated rings. The Labute approximate surface area is 151 Å². The lowest BCUT2D eigenvalue weighted by molar-refractivity contribution is 0.165. The molecule has 4 rings (SSSR count). The lowest BCUT2D eigenvalue weighted by Gasteiger charge is -2.18. The van der Waals surface area contributed by atoms with Crippen LogP contribution >= 0.6 is 0 Å². The number of aryl methyl sites for hydroxylation is 1. The molecule has 26 heavy (non-hydrogen) atoms. The summed E-state index contributed by atoms with van der Waals surface area (Å²) in [5, 5.41) is 13.7. The van der Waals surface area contributed by atoms with Crippen LogP contribution in [0.1, 0.15) is 29.8 Å². The summed E-state index contributed by atoms with van der Waals surface area (Å²) in [6, 6.07) is 13.1. The number of rotatable bonds is 4. The molecule has 6 heteroatoms. The van der Waals surface area contributed by atoms with Crippen LogP contribution in [0.15, 0.2) is 53.5 Å². The van der Waals surface area contributed by atoms with E-state index in [1.807, 2.05) is 43.3 Å². The predicted molar refractivity (Wildman–Crippen MR) is 100.0 cm³/mol. The first kappa shape index (κ1) is 16.5. The van der Waals surface area contributed by atoms with Gasteiger partial charge in [-0.05, 0) is 29.7 Å². The number of aliphatic hydroxyl groups is 1. The minimum Gasteiger partial charge on any atom is -0.390 e. The van der Waals surface area contributed by atoms with E-state index < -0.39 is 6.10 Å². The smallest absolute Gasteiger partial charge is 0.251 e. The molecule has 0 saturated carbocycles. The quantitative estimate of drug-likeness (QED) is 0.674. The molecule has 0 aliphatic heterocycles. The number of hydrogen-bond donors (Lipinski definition) is 3. The largest absolute Gasteiger partial charge is 0.390 e. The van der Waals surface area contributed by atoms with Crippen LogP contribution in [-0.2, 0) is 12.8 Å². The minimum atomic E-state index is -0.479. The summed E-state index contributed by atoms with van der Waals surface area (Å²) < 4.78 is 0. The van der Waals surface area contributed by atoms with E-state index in [0.717, 1.165) is 22.4 Å². The maximum absolute atomic E-state index is 11.7. The van der Waals surface area contributed by atoms with Gasteiger partial charge in [-0.2, -0.15) is 0 Å². The maximum atomic E-state index is 11.7. The summed E-state index contributed by atoms with van der Waals surface area (Å²) in [5.41, 5.74) is 3.59. The highest BCUT2D eigenvalue weighted by molar-refractivity contribution is 5.56. The van der Waals surface area contributed by atoms with Crippen LogP contribution < -0.4 is 10.9 Å². The Kier molecular flexibility index (Phi) is 4.26. The molecule has 3 aromatic rings. The van der Waals surface area contributed by atoms with Crippen LogP contribution in [-0.4, -0.2) is 26.2 Å². The molecule has 2 atom stereocenters. The Morgan fingerprint density at radius 2 is 2.12 bits per heavy atom. The number of aromatic amines is 1. The van der Waals surface area contributed by atoms with Gasteiger partial charge in [0.05, 0.1) is 12.1 Å². The number of anilines is 1. The molecule has 0 radical (unpaired) electrons. The van der Waals surface area contributed by atoms with Crippen molar-refractivity contribution in [3.05, 3.63) is 75.8 Å². The summed E-state index contributed by atoms with van der Waals surface area (Å²) in [6.07, 6.45) is 2.53. The molecule has 132 valence electrons.